The molecule has 0 radical (unpaired) electrons. The second-order valence-electron chi connectivity index (χ2n) is 3.88. The van der Waals surface area contributed by atoms with Gasteiger partial charge in [-0.1, -0.05) is 15.9 Å². The first-order chi connectivity index (χ1) is 8.06. The maximum absolute atomic E-state index is 11.7. The minimum Gasteiger partial charge on any atom is -0.460 e. The largest absolute Gasteiger partial charge is 0.460 e. The zero-order valence-corrected chi connectivity index (χ0v) is 10.8. The van der Waals surface area contributed by atoms with E-state index in [9.17, 15) is 9.59 Å². The molecule has 0 N–H and O–H groups in total. The zero-order valence-electron chi connectivity index (χ0n) is 9.18. The molecule has 90 valence electrons. The van der Waals surface area contributed by atoms with Crippen molar-refractivity contribution in [1.29, 1.82) is 0 Å². The molecule has 1 fully saturated rings. The number of hydrogen-bond acceptors (Lipinski definition) is 4. The first kappa shape index (κ1) is 12.1. The maximum Gasteiger partial charge on any atom is 0.347 e. The lowest BCUT2D eigenvalue weighted by atomic mass is 10.2. The Morgan fingerprint density at radius 3 is 2.59 bits per heavy atom. The van der Waals surface area contributed by atoms with Crippen LogP contribution in [0.2, 0.25) is 0 Å². The van der Waals surface area contributed by atoms with Crippen LogP contribution in [0.15, 0.2) is 28.7 Å². The Morgan fingerprint density at radius 2 is 2.06 bits per heavy atom. The van der Waals surface area contributed by atoms with Gasteiger partial charge >= 0.3 is 11.9 Å². The minimum absolute atomic E-state index is 0.190. The number of esters is 2. The van der Waals surface area contributed by atoms with Crippen LogP contribution in [-0.4, -0.2) is 24.1 Å². The summed E-state index contributed by atoms with van der Waals surface area (Å²) in [6.45, 7) is 1.77. The summed E-state index contributed by atoms with van der Waals surface area (Å²) >= 11 is 3.27. The first-order valence-corrected chi connectivity index (χ1v) is 6.02. The molecule has 1 aliphatic heterocycles. The highest BCUT2D eigenvalue weighted by atomic mass is 79.9. The van der Waals surface area contributed by atoms with E-state index >= 15 is 0 Å². The Bertz CT molecular complexity index is 440. The Balaban J connectivity index is 2.02. The smallest absolute Gasteiger partial charge is 0.347 e. The fourth-order valence-corrected chi connectivity index (χ4v) is 1.86. The van der Waals surface area contributed by atoms with Gasteiger partial charge in [0.25, 0.3) is 0 Å². The van der Waals surface area contributed by atoms with Gasteiger partial charge in [-0.25, -0.2) is 9.59 Å². The zero-order chi connectivity index (χ0) is 12.4. The van der Waals surface area contributed by atoms with Crippen LogP contribution in [0.3, 0.4) is 0 Å². The Kier molecular flexibility index (Phi) is 3.47. The minimum atomic E-state index is -0.777. The third kappa shape index (κ3) is 2.85. The second kappa shape index (κ2) is 4.87. The average molecular weight is 299 g/mol. The summed E-state index contributed by atoms with van der Waals surface area (Å²) < 4.78 is 10.9. The van der Waals surface area contributed by atoms with Crippen LogP contribution in [0.4, 0.5) is 0 Å². The van der Waals surface area contributed by atoms with Crippen LogP contribution >= 0.6 is 15.9 Å². The topological polar surface area (TPSA) is 52.6 Å². The molecule has 0 bridgehead atoms. The van der Waals surface area contributed by atoms with Gasteiger partial charge in [0.05, 0.1) is 5.56 Å². The van der Waals surface area contributed by atoms with Crippen LogP contribution < -0.4 is 0 Å². The summed E-state index contributed by atoms with van der Waals surface area (Å²) in [5.41, 5.74) is 0.417. The molecular formula is C12H11BrO4. The van der Waals surface area contributed by atoms with Crippen molar-refractivity contribution in [3.63, 3.8) is 0 Å². The highest BCUT2D eigenvalue weighted by Gasteiger charge is 2.35. The van der Waals surface area contributed by atoms with Crippen LogP contribution in [0.25, 0.3) is 0 Å². The maximum atomic E-state index is 11.7. The molecule has 2 atom stereocenters. The number of cyclic esters (lactones) is 1. The lowest BCUT2D eigenvalue weighted by Crippen LogP contribution is -2.22. The lowest BCUT2D eigenvalue weighted by Gasteiger charge is -2.08. The van der Waals surface area contributed by atoms with Gasteiger partial charge in [-0.15, -0.1) is 0 Å². The molecule has 0 unspecified atom stereocenters. The molecule has 0 saturated carbocycles. The number of halogens is 1. The number of rotatable bonds is 2. The highest BCUT2D eigenvalue weighted by Crippen LogP contribution is 2.19. The molecule has 0 aliphatic carbocycles. The van der Waals surface area contributed by atoms with Crippen LogP contribution in [-0.2, 0) is 14.3 Å². The fraction of sp³-hybridized carbons (Fsp3) is 0.333. The Labute approximate surface area is 107 Å². The summed E-state index contributed by atoms with van der Waals surface area (Å²) in [5.74, 6) is -0.975. The third-order valence-electron chi connectivity index (χ3n) is 2.46. The van der Waals surface area contributed by atoms with Crippen molar-refractivity contribution in [1.82, 2.24) is 0 Å². The van der Waals surface area contributed by atoms with Gasteiger partial charge in [-0.05, 0) is 31.2 Å². The normalized spacial score (nSPS) is 23.3. The number of carbonyl (C=O) groups is 2. The Hall–Kier alpha value is -1.36. The molecule has 1 aromatic carbocycles. The van der Waals surface area contributed by atoms with Gasteiger partial charge in [0.1, 0.15) is 6.10 Å². The van der Waals surface area contributed by atoms with E-state index in [2.05, 4.69) is 15.9 Å². The van der Waals surface area contributed by atoms with E-state index in [4.69, 9.17) is 9.47 Å². The number of hydrogen-bond donors (Lipinski definition) is 0. The van der Waals surface area contributed by atoms with Gasteiger partial charge in [0, 0.05) is 10.9 Å². The van der Waals surface area contributed by atoms with Gasteiger partial charge < -0.3 is 9.47 Å². The second-order valence-corrected chi connectivity index (χ2v) is 4.80. The number of ether oxygens (including phenoxy) is 2. The van der Waals surface area contributed by atoms with Crippen molar-refractivity contribution < 1.29 is 19.1 Å². The number of benzene rings is 1. The van der Waals surface area contributed by atoms with Gasteiger partial charge in [-0.3, -0.25) is 0 Å². The first-order valence-electron chi connectivity index (χ1n) is 5.23. The predicted octanol–water partition coefficient (Wildman–Crippen LogP) is 2.31. The van der Waals surface area contributed by atoms with Crippen molar-refractivity contribution in [2.24, 2.45) is 0 Å². The molecule has 0 amide bonds. The van der Waals surface area contributed by atoms with E-state index in [1.54, 1.807) is 31.2 Å². The van der Waals surface area contributed by atoms with Gasteiger partial charge in [0.2, 0.25) is 6.10 Å². The van der Waals surface area contributed by atoms with Crippen molar-refractivity contribution in [2.75, 3.05) is 0 Å². The van der Waals surface area contributed by atoms with Crippen molar-refractivity contribution in [3.05, 3.63) is 34.3 Å². The predicted molar refractivity (Wildman–Crippen MR) is 63.5 cm³/mol. The van der Waals surface area contributed by atoms with E-state index < -0.39 is 18.0 Å². The number of carbonyl (C=O) groups excluding carboxylic acids is 2. The monoisotopic (exact) mass is 298 g/mol. The molecule has 2 rings (SSSR count). The summed E-state index contributed by atoms with van der Waals surface area (Å²) in [7, 11) is 0. The van der Waals surface area contributed by atoms with Crippen LogP contribution in [0.1, 0.15) is 23.7 Å². The molecule has 0 aromatic heterocycles. The van der Waals surface area contributed by atoms with Crippen molar-refractivity contribution in [2.45, 2.75) is 25.6 Å². The van der Waals surface area contributed by atoms with E-state index in [1.165, 1.54) is 0 Å². The highest BCUT2D eigenvalue weighted by molar-refractivity contribution is 9.10. The molecule has 1 saturated heterocycles. The molecular weight excluding hydrogens is 288 g/mol. The lowest BCUT2D eigenvalue weighted by molar-refractivity contribution is -0.147. The Morgan fingerprint density at radius 1 is 1.41 bits per heavy atom. The standard InChI is InChI=1S/C12H11BrO4/c1-7-6-10(12(15)16-7)17-11(14)8-2-4-9(13)5-3-8/h2-5,7,10H,6H2,1H3/t7-,10+/m0/s1. The summed E-state index contributed by atoms with van der Waals surface area (Å²) in [5, 5.41) is 0. The molecule has 1 heterocycles. The fourth-order valence-electron chi connectivity index (χ4n) is 1.60. The summed E-state index contributed by atoms with van der Waals surface area (Å²) in [6, 6.07) is 6.75. The molecule has 17 heavy (non-hydrogen) atoms. The molecule has 5 heteroatoms. The quantitative estimate of drug-likeness (QED) is 0.786. The average Bonchev–Trinajstić information content (AvgIpc) is 2.58. The SMILES string of the molecule is C[C@H]1C[C@@H](OC(=O)c2ccc(Br)cc2)C(=O)O1. The third-order valence-corrected chi connectivity index (χ3v) is 2.98. The van der Waals surface area contributed by atoms with Crippen molar-refractivity contribution >= 4 is 27.9 Å². The molecule has 4 nitrogen and oxygen atoms in total. The van der Waals surface area contributed by atoms with Crippen molar-refractivity contribution in [3.8, 4) is 0 Å². The molecule has 1 aliphatic rings. The van der Waals surface area contributed by atoms with Gasteiger partial charge in [0.15, 0.2) is 0 Å². The molecule has 0 spiro atoms. The van der Waals surface area contributed by atoms with E-state index in [-0.39, 0.29) is 6.10 Å². The summed E-state index contributed by atoms with van der Waals surface area (Å²) in [6.07, 6.45) is -0.549. The van der Waals surface area contributed by atoms with Gasteiger partial charge in [-0.2, -0.15) is 0 Å². The van der Waals surface area contributed by atoms with Crippen LogP contribution in [0.5, 0.6) is 0 Å². The van der Waals surface area contributed by atoms with E-state index in [0.717, 1.165) is 4.47 Å². The molecule has 1 aromatic rings. The van der Waals surface area contributed by atoms with E-state index in [1.807, 2.05) is 0 Å². The summed E-state index contributed by atoms with van der Waals surface area (Å²) in [4.78, 5) is 23.0. The van der Waals surface area contributed by atoms with E-state index in [0.29, 0.717) is 12.0 Å². The van der Waals surface area contributed by atoms with Crippen LogP contribution in [0, 0.1) is 0 Å².